The summed E-state index contributed by atoms with van der Waals surface area (Å²) in [6.07, 6.45) is 6.69. The van der Waals surface area contributed by atoms with Crippen molar-refractivity contribution in [3.05, 3.63) is 53.4 Å². The monoisotopic (exact) mass is 439 g/mol. The lowest BCUT2D eigenvalue weighted by Gasteiger charge is -2.12. The average molecular weight is 440 g/mol. The third kappa shape index (κ3) is 5.78. The molecule has 0 fully saturated rings. The van der Waals surface area contributed by atoms with Gasteiger partial charge in [-0.3, -0.25) is 4.68 Å². The Balaban J connectivity index is 1.65. The molecule has 2 heterocycles. The Morgan fingerprint density at radius 2 is 2.10 bits per heavy atom. The van der Waals surface area contributed by atoms with Crippen molar-refractivity contribution in [2.24, 2.45) is 11.7 Å². The summed E-state index contributed by atoms with van der Waals surface area (Å²) in [6.45, 7) is 2.67. The van der Waals surface area contributed by atoms with Gasteiger partial charge in [0.2, 0.25) is 5.95 Å². The molecule has 0 radical (unpaired) electrons. The van der Waals surface area contributed by atoms with E-state index in [4.69, 9.17) is 27.7 Å². The number of hydrogen-bond donors (Lipinski definition) is 3. The van der Waals surface area contributed by atoms with Crippen LogP contribution in [0.5, 0.6) is 0 Å². The largest absolute Gasteiger partial charge is 0.478 e. The highest BCUT2D eigenvalue weighted by Crippen LogP contribution is 2.27. The molecular weight excluding hydrogens is 418 g/mol. The lowest BCUT2D eigenvalue weighted by molar-refractivity contribution is 0.0697. The maximum absolute atomic E-state index is 11.0. The second-order valence-electron chi connectivity index (χ2n) is 7.16. The second kappa shape index (κ2) is 10.0. The zero-order valence-corrected chi connectivity index (χ0v) is 17.6. The normalized spacial score (nSPS) is 12.7. The van der Waals surface area contributed by atoms with Gasteiger partial charge in [-0.1, -0.05) is 30.7 Å². The number of anilines is 2. The fourth-order valence-corrected chi connectivity index (χ4v) is 3.16. The lowest BCUT2D eigenvalue weighted by atomic mass is 9.98. The zero-order chi connectivity index (χ0) is 22.4. The van der Waals surface area contributed by atoms with Crippen LogP contribution in [0.2, 0.25) is 5.02 Å². The van der Waals surface area contributed by atoms with Gasteiger partial charge in [-0.05, 0) is 30.9 Å². The van der Waals surface area contributed by atoms with Crippen molar-refractivity contribution in [3.63, 3.8) is 0 Å². The lowest BCUT2D eigenvalue weighted by Crippen LogP contribution is -2.26. The van der Waals surface area contributed by atoms with Crippen LogP contribution in [-0.2, 0) is 6.54 Å². The molecule has 0 spiro atoms. The average Bonchev–Trinajstić information content (AvgIpc) is 3.21. The summed E-state index contributed by atoms with van der Waals surface area (Å²) in [5, 5.41) is 25.7. The number of carboxylic acid groups (broad SMARTS) is 1. The van der Waals surface area contributed by atoms with Crippen LogP contribution in [0.25, 0.3) is 11.3 Å². The van der Waals surface area contributed by atoms with Crippen molar-refractivity contribution in [2.45, 2.75) is 32.4 Å². The van der Waals surface area contributed by atoms with Crippen LogP contribution in [0.1, 0.15) is 30.1 Å². The highest BCUT2D eigenvalue weighted by atomic mass is 35.5. The Morgan fingerprint density at radius 3 is 2.77 bits per heavy atom. The molecule has 0 bridgehead atoms. The van der Waals surface area contributed by atoms with Gasteiger partial charge in [0.05, 0.1) is 46.5 Å². The maximum atomic E-state index is 11.0. The molecule has 2 aromatic heterocycles. The number of nitrogens with one attached hydrogen (secondary N) is 1. The Bertz CT molecular complexity index is 1090. The smallest absolute Gasteiger partial charge is 0.335 e. The van der Waals surface area contributed by atoms with E-state index in [2.05, 4.69) is 26.5 Å². The zero-order valence-electron chi connectivity index (χ0n) is 16.9. The van der Waals surface area contributed by atoms with Gasteiger partial charge in [-0.15, -0.1) is 0 Å². The summed E-state index contributed by atoms with van der Waals surface area (Å²) in [5.74, 6) is -0.527. The summed E-state index contributed by atoms with van der Waals surface area (Å²) in [7, 11) is 0. The van der Waals surface area contributed by atoms with E-state index in [0.717, 1.165) is 18.5 Å². The Morgan fingerprint density at radius 1 is 1.35 bits per heavy atom. The molecule has 10 heteroatoms. The van der Waals surface area contributed by atoms with E-state index in [-0.39, 0.29) is 11.5 Å². The summed E-state index contributed by atoms with van der Waals surface area (Å²) in [6, 6.07) is 7.91. The van der Waals surface area contributed by atoms with Crippen LogP contribution in [-0.4, -0.2) is 36.9 Å². The minimum atomic E-state index is -0.998. The summed E-state index contributed by atoms with van der Waals surface area (Å²) < 4.78 is 1.80. The summed E-state index contributed by atoms with van der Waals surface area (Å²) >= 11 is 6.24. The van der Waals surface area contributed by atoms with Crippen molar-refractivity contribution in [2.75, 3.05) is 5.32 Å². The predicted octanol–water partition coefficient (Wildman–Crippen LogP) is 3.70. The number of aromatic carboxylic acids is 1. The number of aromatic nitrogens is 4. The Hall–Kier alpha value is -3.48. The molecular formula is C21H22ClN7O2. The molecule has 0 unspecified atom stereocenters. The third-order valence-electron chi connectivity index (χ3n) is 4.85. The second-order valence-corrected chi connectivity index (χ2v) is 7.57. The quantitative estimate of drug-likeness (QED) is 0.457. The first-order valence-corrected chi connectivity index (χ1v) is 10.1. The summed E-state index contributed by atoms with van der Waals surface area (Å²) in [5.41, 5.74) is 7.80. The van der Waals surface area contributed by atoms with Crippen LogP contribution in [0.4, 0.5) is 11.6 Å². The Kier molecular flexibility index (Phi) is 7.18. The van der Waals surface area contributed by atoms with Gasteiger partial charge >= 0.3 is 5.97 Å². The van der Waals surface area contributed by atoms with Crippen molar-refractivity contribution in [3.8, 4) is 17.3 Å². The molecule has 1 aromatic carbocycles. The van der Waals surface area contributed by atoms with E-state index in [9.17, 15) is 4.79 Å². The molecule has 0 saturated carbocycles. The number of aryl methyl sites for hydroxylation is 1. The number of nitrogens with two attached hydrogens (primary N) is 1. The number of hydrogen-bond acceptors (Lipinski definition) is 7. The first-order valence-electron chi connectivity index (χ1n) is 9.68. The molecule has 2 atom stereocenters. The van der Waals surface area contributed by atoms with E-state index in [1.165, 1.54) is 18.3 Å². The molecule has 0 aliphatic heterocycles. The van der Waals surface area contributed by atoms with Crippen molar-refractivity contribution in [1.29, 1.82) is 5.26 Å². The van der Waals surface area contributed by atoms with Gasteiger partial charge in [-0.2, -0.15) is 10.4 Å². The van der Waals surface area contributed by atoms with E-state index in [1.807, 2.05) is 13.1 Å². The summed E-state index contributed by atoms with van der Waals surface area (Å²) in [4.78, 5) is 19.7. The minimum absolute atomic E-state index is 0.128. The first kappa shape index (κ1) is 22.2. The van der Waals surface area contributed by atoms with E-state index in [0.29, 0.717) is 28.8 Å². The van der Waals surface area contributed by atoms with E-state index in [1.54, 1.807) is 23.0 Å². The number of rotatable bonds is 9. The molecule has 0 amide bonds. The number of nitriles is 1. The van der Waals surface area contributed by atoms with Crippen LogP contribution < -0.4 is 11.1 Å². The fourth-order valence-electron chi connectivity index (χ4n) is 2.96. The number of benzene rings is 1. The molecule has 160 valence electrons. The van der Waals surface area contributed by atoms with Crippen LogP contribution in [0.15, 0.2) is 42.9 Å². The number of carboxylic acids is 1. The molecule has 0 saturated heterocycles. The van der Waals surface area contributed by atoms with Gasteiger partial charge in [0.25, 0.3) is 0 Å². The molecule has 0 aliphatic carbocycles. The van der Waals surface area contributed by atoms with Crippen LogP contribution in [0, 0.1) is 17.2 Å². The van der Waals surface area contributed by atoms with Crippen molar-refractivity contribution in [1.82, 2.24) is 19.7 Å². The van der Waals surface area contributed by atoms with Gasteiger partial charge < -0.3 is 16.2 Å². The SMILES string of the molecule is C[C@@H](CCCn1cc(Nc2ncc(Cl)c(-c3ccc(C(=O)O)cc3)n2)cn1)[C@H](N)C#N. The minimum Gasteiger partial charge on any atom is -0.478 e. The molecule has 9 nitrogen and oxygen atoms in total. The van der Waals surface area contributed by atoms with E-state index < -0.39 is 12.0 Å². The van der Waals surface area contributed by atoms with Crippen molar-refractivity contribution < 1.29 is 9.90 Å². The van der Waals surface area contributed by atoms with Crippen LogP contribution in [0.3, 0.4) is 0 Å². The first-order chi connectivity index (χ1) is 14.9. The van der Waals surface area contributed by atoms with Gasteiger partial charge in [-0.25, -0.2) is 14.8 Å². The number of nitrogens with zero attached hydrogens (tertiary/aromatic N) is 5. The topological polar surface area (TPSA) is 143 Å². The predicted molar refractivity (Wildman–Crippen MR) is 117 cm³/mol. The van der Waals surface area contributed by atoms with E-state index >= 15 is 0 Å². The van der Waals surface area contributed by atoms with Crippen molar-refractivity contribution >= 4 is 29.2 Å². The maximum Gasteiger partial charge on any atom is 0.335 e. The third-order valence-corrected chi connectivity index (χ3v) is 5.12. The van der Waals surface area contributed by atoms with Gasteiger partial charge in [0, 0.05) is 18.3 Å². The molecule has 0 aliphatic rings. The highest BCUT2D eigenvalue weighted by molar-refractivity contribution is 6.32. The number of carbonyl (C=O) groups is 1. The van der Waals surface area contributed by atoms with Gasteiger partial charge in [0.15, 0.2) is 0 Å². The van der Waals surface area contributed by atoms with Crippen LogP contribution >= 0.6 is 11.6 Å². The Labute approximate surface area is 184 Å². The van der Waals surface area contributed by atoms with Gasteiger partial charge in [0.1, 0.15) is 0 Å². The molecule has 31 heavy (non-hydrogen) atoms. The molecule has 3 rings (SSSR count). The molecule has 3 aromatic rings. The number of halogens is 1. The molecule has 4 N–H and O–H groups in total. The highest BCUT2D eigenvalue weighted by Gasteiger charge is 2.12. The standard InChI is InChI=1S/C21H22ClN7O2/c1-13(18(24)9-23)3-2-8-29-12-16(10-26-29)27-21-25-11-17(22)19(28-21)14-4-6-15(7-5-14)20(30)31/h4-7,10-13,18H,2-3,8,24H2,1H3,(H,30,31)(H,25,27,28)/t13-,18+/m0/s1. The fraction of sp³-hybridized carbons (Fsp3) is 0.286.